The Hall–Kier alpha value is -2.93. The summed E-state index contributed by atoms with van der Waals surface area (Å²) in [5.41, 5.74) is 1.38. The third kappa shape index (κ3) is 5.53. The first-order valence-corrected chi connectivity index (χ1v) is 12.2. The van der Waals surface area contributed by atoms with Gasteiger partial charge in [-0.2, -0.15) is 0 Å². The number of aromatic nitrogens is 1. The number of piperidine rings is 1. The van der Waals surface area contributed by atoms with Crippen LogP contribution in [0.5, 0.6) is 0 Å². The average Bonchev–Trinajstić information content (AvgIpc) is 3.71. The average molecular weight is 448 g/mol. The number of pyridine rings is 1. The maximum atomic E-state index is 13.2. The topological polar surface area (TPSA) is 68.8 Å². The summed E-state index contributed by atoms with van der Waals surface area (Å²) in [5.74, 6) is 1.85. The lowest BCUT2D eigenvalue weighted by atomic mass is 9.96. The molecule has 1 aromatic carbocycles. The van der Waals surface area contributed by atoms with Crippen LogP contribution in [0.1, 0.15) is 36.0 Å². The number of hydrogen-bond acceptors (Lipinski definition) is 5. The van der Waals surface area contributed by atoms with Crippen LogP contribution in [0.15, 0.2) is 48.7 Å². The smallest absolute Gasteiger partial charge is 0.253 e. The quantitative estimate of drug-likeness (QED) is 0.737. The minimum atomic E-state index is 0.0702. The Morgan fingerprint density at radius 1 is 0.970 bits per heavy atom. The second kappa shape index (κ2) is 9.91. The van der Waals surface area contributed by atoms with Gasteiger partial charge in [0.25, 0.3) is 5.91 Å². The lowest BCUT2D eigenvalue weighted by molar-refractivity contribution is -0.117. The molecule has 3 aliphatic rings. The first kappa shape index (κ1) is 21.9. The summed E-state index contributed by atoms with van der Waals surface area (Å²) in [6.07, 6.45) is 6.01. The highest BCUT2D eigenvalue weighted by atomic mass is 16.2. The zero-order valence-electron chi connectivity index (χ0n) is 19.2. The van der Waals surface area contributed by atoms with Crippen LogP contribution in [0.2, 0.25) is 0 Å². The van der Waals surface area contributed by atoms with Gasteiger partial charge in [-0.05, 0) is 61.9 Å². The van der Waals surface area contributed by atoms with Crippen LogP contribution in [0, 0.1) is 11.8 Å². The molecule has 1 saturated carbocycles. The van der Waals surface area contributed by atoms with Crippen LogP contribution in [0.25, 0.3) is 0 Å². The Morgan fingerprint density at radius 2 is 1.82 bits per heavy atom. The Balaban J connectivity index is 1.13. The Kier molecular flexibility index (Phi) is 6.58. The lowest BCUT2D eigenvalue weighted by Crippen LogP contribution is -2.50. The van der Waals surface area contributed by atoms with Gasteiger partial charge >= 0.3 is 0 Å². The maximum absolute atomic E-state index is 13.2. The van der Waals surface area contributed by atoms with Crippen molar-refractivity contribution < 1.29 is 9.59 Å². The van der Waals surface area contributed by atoms with E-state index in [1.165, 1.54) is 6.42 Å². The van der Waals surface area contributed by atoms with E-state index in [1.54, 1.807) is 0 Å². The van der Waals surface area contributed by atoms with E-state index in [4.69, 9.17) is 0 Å². The molecule has 0 radical (unpaired) electrons. The van der Waals surface area contributed by atoms with Gasteiger partial charge in [-0.15, -0.1) is 0 Å². The molecular formula is C26H33N5O2. The number of nitrogens with one attached hydrogen (secondary N) is 1. The summed E-state index contributed by atoms with van der Waals surface area (Å²) in [4.78, 5) is 36.6. The standard InChI is InChI=1S/C26H33N5O2/c32-25(21-9-10-21)28-23-7-3-6-22(17-23)26(33)31-12-4-5-20(19-31)18-29-13-15-30(16-14-29)24-8-1-2-11-27-24/h1-3,6-8,11,17,20-21H,4-5,9-10,12-16,18-19H2,(H,28,32). The molecular weight excluding hydrogens is 414 g/mol. The number of anilines is 2. The fourth-order valence-electron chi connectivity index (χ4n) is 4.97. The van der Waals surface area contributed by atoms with E-state index in [2.05, 4.69) is 26.2 Å². The van der Waals surface area contributed by atoms with Gasteiger partial charge in [0.1, 0.15) is 5.82 Å². The molecule has 1 aromatic heterocycles. The van der Waals surface area contributed by atoms with Crippen LogP contribution in [0.4, 0.5) is 11.5 Å². The molecule has 1 atom stereocenters. The van der Waals surface area contributed by atoms with Crippen molar-refractivity contribution >= 4 is 23.3 Å². The van der Waals surface area contributed by atoms with Crippen molar-refractivity contribution in [1.29, 1.82) is 0 Å². The maximum Gasteiger partial charge on any atom is 0.253 e. The number of amides is 2. The van der Waals surface area contributed by atoms with E-state index in [0.29, 0.717) is 11.5 Å². The molecule has 2 aliphatic heterocycles. The van der Waals surface area contributed by atoms with Gasteiger partial charge in [0.2, 0.25) is 5.91 Å². The molecule has 0 bridgehead atoms. The van der Waals surface area contributed by atoms with Crippen molar-refractivity contribution in [2.45, 2.75) is 25.7 Å². The third-order valence-electron chi connectivity index (χ3n) is 6.99. The number of likely N-dealkylation sites (tertiary alicyclic amines) is 1. The first-order chi connectivity index (χ1) is 16.2. The summed E-state index contributed by atoms with van der Waals surface area (Å²) in [6.45, 7) is 6.70. The fraction of sp³-hybridized carbons (Fsp3) is 0.500. The van der Waals surface area contributed by atoms with Crippen LogP contribution in [-0.4, -0.2) is 72.4 Å². The SMILES string of the molecule is O=C(Nc1cccc(C(=O)N2CCCC(CN3CCN(c4ccccn4)CC3)C2)c1)C1CC1. The molecule has 174 valence electrons. The molecule has 0 spiro atoms. The number of rotatable bonds is 6. The number of carbonyl (C=O) groups excluding carboxylic acids is 2. The molecule has 5 rings (SSSR count). The Labute approximate surface area is 195 Å². The number of nitrogens with zero attached hydrogens (tertiary/aromatic N) is 4. The van der Waals surface area contributed by atoms with Crippen molar-refractivity contribution in [3.63, 3.8) is 0 Å². The monoisotopic (exact) mass is 447 g/mol. The predicted molar refractivity (Wildman–Crippen MR) is 129 cm³/mol. The first-order valence-electron chi connectivity index (χ1n) is 12.2. The molecule has 2 saturated heterocycles. The zero-order chi connectivity index (χ0) is 22.6. The summed E-state index contributed by atoms with van der Waals surface area (Å²) in [6, 6.07) is 13.5. The highest BCUT2D eigenvalue weighted by Gasteiger charge is 2.30. The van der Waals surface area contributed by atoms with Crippen LogP contribution >= 0.6 is 0 Å². The van der Waals surface area contributed by atoms with E-state index in [9.17, 15) is 9.59 Å². The van der Waals surface area contributed by atoms with E-state index < -0.39 is 0 Å². The van der Waals surface area contributed by atoms with Crippen molar-refractivity contribution in [1.82, 2.24) is 14.8 Å². The van der Waals surface area contributed by atoms with E-state index in [1.807, 2.05) is 47.5 Å². The van der Waals surface area contributed by atoms with E-state index >= 15 is 0 Å². The highest BCUT2D eigenvalue weighted by molar-refractivity contribution is 5.98. The van der Waals surface area contributed by atoms with E-state index in [-0.39, 0.29) is 17.7 Å². The molecule has 2 amide bonds. The summed E-state index contributed by atoms with van der Waals surface area (Å²) >= 11 is 0. The molecule has 1 unspecified atom stereocenters. The van der Waals surface area contributed by atoms with Gasteiger partial charge in [0.15, 0.2) is 0 Å². The van der Waals surface area contributed by atoms with Gasteiger partial charge in [0.05, 0.1) is 0 Å². The van der Waals surface area contributed by atoms with Gasteiger partial charge in [-0.1, -0.05) is 12.1 Å². The minimum Gasteiger partial charge on any atom is -0.354 e. The van der Waals surface area contributed by atoms with Gasteiger partial charge in [0, 0.05) is 69.2 Å². The Morgan fingerprint density at radius 3 is 2.58 bits per heavy atom. The summed E-state index contributed by atoms with van der Waals surface area (Å²) in [5, 5.41) is 2.96. The second-order valence-electron chi connectivity index (χ2n) is 9.58. The third-order valence-corrected chi connectivity index (χ3v) is 6.99. The number of piperazine rings is 1. The van der Waals surface area contributed by atoms with Crippen LogP contribution in [0.3, 0.4) is 0 Å². The van der Waals surface area contributed by atoms with Crippen molar-refractivity contribution in [3.8, 4) is 0 Å². The van der Waals surface area contributed by atoms with Gasteiger partial charge in [-0.3, -0.25) is 14.5 Å². The van der Waals surface area contributed by atoms with Crippen molar-refractivity contribution in [3.05, 3.63) is 54.2 Å². The van der Waals surface area contributed by atoms with Crippen LogP contribution in [-0.2, 0) is 4.79 Å². The predicted octanol–water partition coefficient (Wildman–Crippen LogP) is 3.10. The summed E-state index contributed by atoms with van der Waals surface area (Å²) < 4.78 is 0. The molecule has 7 heteroatoms. The zero-order valence-corrected chi connectivity index (χ0v) is 19.2. The Bertz CT molecular complexity index is 970. The van der Waals surface area contributed by atoms with Gasteiger partial charge < -0.3 is 15.1 Å². The molecule has 1 aliphatic carbocycles. The van der Waals surface area contributed by atoms with Gasteiger partial charge in [-0.25, -0.2) is 4.98 Å². The van der Waals surface area contributed by atoms with E-state index in [0.717, 1.165) is 76.6 Å². The normalized spacial score (nSPS) is 21.6. The second-order valence-corrected chi connectivity index (χ2v) is 9.58. The molecule has 3 fully saturated rings. The van der Waals surface area contributed by atoms with Crippen molar-refractivity contribution in [2.75, 3.05) is 56.0 Å². The molecule has 2 aromatic rings. The largest absolute Gasteiger partial charge is 0.354 e. The number of carbonyl (C=O) groups is 2. The molecule has 1 N–H and O–H groups in total. The molecule has 3 heterocycles. The fourth-order valence-corrected chi connectivity index (χ4v) is 4.97. The summed E-state index contributed by atoms with van der Waals surface area (Å²) in [7, 11) is 0. The van der Waals surface area contributed by atoms with Crippen LogP contribution < -0.4 is 10.2 Å². The highest BCUT2D eigenvalue weighted by Crippen LogP contribution is 2.30. The number of hydrogen-bond donors (Lipinski definition) is 1. The van der Waals surface area contributed by atoms with Crippen molar-refractivity contribution in [2.24, 2.45) is 11.8 Å². The lowest BCUT2D eigenvalue weighted by Gasteiger charge is -2.39. The molecule has 33 heavy (non-hydrogen) atoms. The molecule has 7 nitrogen and oxygen atoms in total. The minimum absolute atomic E-state index is 0.0702. The number of benzene rings is 1.